The molecule has 0 aliphatic carbocycles. The first kappa shape index (κ1) is 18.3. The van der Waals surface area contributed by atoms with E-state index in [9.17, 15) is 9.59 Å². The first-order valence-corrected chi connectivity index (χ1v) is 9.45. The number of carbonyl (C=O) groups is 2. The van der Waals surface area contributed by atoms with Crippen LogP contribution in [0.2, 0.25) is 0 Å². The molecule has 6 heteroatoms. The highest BCUT2D eigenvalue weighted by Crippen LogP contribution is 2.37. The van der Waals surface area contributed by atoms with E-state index >= 15 is 0 Å². The summed E-state index contributed by atoms with van der Waals surface area (Å²) in [4.78, 5) is 26.0. The van der Waals surface area contributed by atoms with Crippen molar-refractivity contribution in [1.29, 1.82) is 0 Å². The van der Waals surface area contributed by atoms with Crippen molar-refractivity contribution in [2.45, 2.75) is 19.9 Å². The van der Waals surface area contributed by atoms with E-state index in [1.165, 1.54) is 6.92 Å². The maximum absolute atomic E-state index is 13.6. The molecule has 1 N–H and O–H groups in total. The van der Waals surface area contributed by atoms with E-state index in [-0.39, 0.29) is 11.6 Å². The quantitative estimate of drug-likeness (QED) is 0.641. The lowest BCUT2D eigenvalue weighted by Crippen LogP contribution is -2.51. The molecule has 4 rings (SSSR count). The molecule has 0 saturated carbocycles. The average molecular weight is 389 g/mol. The van der Waals surface area contributed by atoms with E-state index in [4.69, 9.17) is 12.2 Å². The Morgan fingerprint density at radius 2 is 1.64 bits per heavy atom. The Hall–Kier alpha value is -3.12. The molecule has 2 aliphatic rings. The van der Waals surface area contributed by atoms with Crippen molar-refractivity contribution >= 4 is 40.3 Å². The van der Waals surface area contributed by atoms with Gasteiger partial charge in [-0.3, -0.25) is 9.59 Å². The highest BCUT2D eigenvalue weighted by atomic mass is 32.1. The Balaban J connectivity index is 1.95. The standard InChI is InChI=1S/C22H19N3O2S/c1-13-17(14(2)26)20-18(21(27)16-11-7-4-8-12-16)19(15-9-5-3-6-10-15)23-22(28)25(20)24-13/h3-12,17,20H,1-2H3,(H,23,28)/t17-,20+/m0/s1. The van der Waals surface area contributed by atoms with Gasteiger partial charge in [-0.15, -0.1) is 0 Å². The fourth-order valence-corrected chi connectivity index (χ4v) is 4.10. The Bertz CT molecular complexity index is 1030. The summed E-state index contributed by atoms with van der Waals surface area (Å²) in [5, 5.41) is 9.65. The molecule has 140 valence electrons. The minimum Gasteiger partial charge on any atom is -0.330 e. The van der Waals surface area contributed by atoms with Crippen LogP contribution in [0.3, 0.4) is 0 Å². The molecule has 0 saturated heterocycles. The zero-order valence-corrected chi connectivity index (χ0v) is 16.4. The first-order chi connectivity index (χ1) is 13.5. The molecule has 5 nitrogen and oxygen atoms in total. The Labute approximate surface area is 168 Å². The van der Waals surface area contributed by atoms with Crippen molar-refractivity contribution in [3.63, 3.8) is 0 Å². The third-order valence-electron chi connectivity index (χ3n) is 5.08. The molecule has 0 spiro atoms. The normalized spacial score (nSPS) is 21.1. The van der Waals surface area contributed by atoms with Crippen LogP contribution in [0.5, 0.6) is 0 Å². The van der Waals surface area contributed by atoms with Crippen LogP contribution in [0, 0.1) is 5.92 Å². The zero-order valence-electron chi connectivity index (χ0n) is 15.5. The van der Waals surface area contributed by atoms with Crippen molar-refractivity contribution in [3.05, 3.63) is 77.4 Å². The SMILES string of the molecule is CC(=O)[C@@H]1C(C)=NN2C(=S)NC(c3ccccc3)=C(C(=O)c3ccccc3)[C@@H]12. The summed E-state index contributed by atoms with van der Waals surface area (Å²) in [7, 11) is 0. The van der Waals surface area contributed by atoms with Crippen LogP contribution in [-0.2, 0) is 4.79 Å². The van der Waals surface area contributed by atoms with Gasteiger partial charge >= 0.3 is 0 Å². The van der Waals surface area contributed by atoms with Crippen molar-refractivity contribution in [3.8, 4) is 0 Å². The molecule has 2 aromatic rings. The molecule has 2 heterocycles. The van der Waals surface area contributed by atoms with Gasteiger partial charge in [0, 0.05) is 11.3 Å². The lowest BCUT2D eigenvalue weighted by atomic mass is 9.81. The minimum absolute atomic E-state index is 0.0378. The van der Waals surface area contributed by atoms with Crippen LogP contribution in [0.1, 0.15) is 29.8 Å². The number of nitrogens with one attached hydrogen (secondary N) is 1. The number of rotatable bonds is 4. The summed E-state index contributed by atoms with van der Waals surface area (Å²) in [5.41, 5.74) is 3.21. The molecule has 28 heavy (non-hydrogen) atoms. The van der Waals surface area contributed by atoms with Crippen LogP contribution in [0.4, 0.5) is 0 Å². The average Bonchev–Trinajstić information content (AvgIpc) is 3.06. The minimum atomic E-state index is -0.547. The molecule has 0 radical (unpaired) electrons. The van der Waals surface area contributed by atoms with Crippen LogP contribution < -0.4 is 5.32 Å². The van der Waals surface area contributed by atoms with Crippen molar-refractivity contribution in [1.82, 2.24) is 10.3 Å². The molecule has 0 fully saturated rings. The topological polar surface area (TPSA) is 61.8 Å². The van der Waals surface area contributed by atoms with Crippen LogP contribution in [0.25, 0.3) is 5.70 Å². The number of fused-ring (bicyclic) bond motifs is 1. The van der Waals surface area contributed by atoms with Crippen LogP contribution in [-0.4, -0.2) is 33.4 Å². The number of nitrogens with zero attached hydrogens (tertiary/aromatic N) is 2. The summed E-state index contributed by atoms with van der Waals surface area (Å²) >= 11 is 5.52. The molecular weight excluding hydrogens is 370 g/mol. The van der Waals surface area contributed by atoms with Gasteiger partial charge < -0.3 is 5.32 Å². The third-order valence-corrected chi connectivity index (χ3v) is 5.37. The number of hydrazone groups is 1. The summed E-state index contributed by atoms with van der Waals surface area (Å²) in [6.45, 7) is 3.34. The largest absolute Gasteiger partial charge is 0.330 e. The van der Waals surface area contributed by atoms with Crippen LogP contribution >= 0.6 is 12.2 Å². The molecule has 2 aliphatic heterocycles. The maximum Gasteiger partial charge on any atom is 0.194 e. The van der Waals surface area contributed by atoms with Crippen LogP contribution in [0.15, 0.2) is 71.3 Å². The highest BCUT2D eigenvalue weighted by Gasteiger charge is 2.48. The fourth-order valence-electron chi connectivity index (χ4n) is 3.85. The maximum atomic E-state index is 13.6. The van der Waals surface area contributed by atoms with Gasteiger partial charge in [0.15, 0.2) is 10.9 Å². The van der Waals surface area contributed by atoms with E-state index in [1.807, 2.05) is 48.5 Å². The second-order valence-corrected chi connectivity index (χ2v) is 7.29. The van der Waals surface area contributed by atoms with Crippen molar-refractivity contribution in [2.75, 3.05) is 0 Å². The Morgan fingerprint density at radius 3 is 2.25 bits per heavy atom. The number of hydrogen-bond donors (Lipinski definition) is 1. The monoisotopic (exact) mass is 389 g/mol. The molecule has 0 unspecified atom stereocenters. The predicted molar refractivity (Wildman–Crippen MR) is 113 cm³/mol. The van der Waals surface area contributed by atoms with E-state index in [2.05, 4.69) is 10.4 Å². The van der Waals surface area contributed by atoms with Gasteiger partial charge in [-0.05, 0) is 31.6 Å². The van der Waals surface area contributed by atoms with Gasteiger partial charge in [-0.25, -0.2) is 5.01 Å². The summed E-state index contributed by atoms with van der Waals surface area (Å²) in [6.07, 6.45) is 0. The van der Waals surface area contributed by atoms with E-state index in [0.717, 1.165) is 5.56 Å². The predicted octanol–water partition coefficient (Wildman–Crippen LogP) is 3.43. The van der Waals surface area contributed by atoms with Gasteiger partial charge in [-0.2, -0.15) is 5.10 Å². The van der Waals surface area contributed by atoms with Gasteiger partial charge in [0.25, 0.3) is 0 Å². The number of hydrogen-bond acceptors (Lipinski definition) is 4. The molecule has 2 atom stereocenters. The Morgan fingerprint density at radius 1 is 1.04 bits per heavy atom. The third kappa shape index (κ3) is 2.96. The van der Waals surface area contributed by atoms with E-state index in [0.29, 0.717) is 27.7 Å². The number of ketones is 2. The van der Waals surface area contributed by atoms with Gasteiger partial charge in [0.05, 0.1) is 17.2 Å². The summed E-state index contributed by atoms with van der Waals surface area (Å²) in [6, 6.07) is 18.1. The lowest BCUT2D eigenvalue weighted by Gasteiger charge is -2.36. The molecule has 2 aromatic carbocycles. The molecular formula is C22H19N3O2S. The number of thiocarbonyl (C=S) groups is 1. The number of Topliss-reactive ketones (excluding diaryl/α,β-unsaturated/α-hetero) is 2. The summed E-state index contributed by atoms with van der Waals surface area (Å²) < 4.78 is 0. The smallest absolute Gasteiger partial charge is 0.194 e. The molecule has 0 bridgehead atoms. The van der Waals surface area contributed by atoms with Gasteiger partial charge in [-0.1, -0.05) is 60.7 Å². The summed E-state index contributed by atoms with van der Waals surface area (Å²) in [5.74, 6) is -0.689. The Kier molecular flexibility index (Phi) is 4.65. The first-order valence-electron chi connectivity index (χ1n) is 9.04. The molecule has 0 aromatic heterocycles. The highest BCUT2D eigenvalue weighted by molar-refractivity contribution is 7.80. The van der Waals surface area contributed by atoms with Crippen molar-refractivity contribution in [2.24, 2.45) is 11.0 Å². The number of carbonyl (C=O) groups excluding carboxylic acids is 2. The fraction of sp³-hybridized carbons (Fsp3) is 0.182. The zero-order chi connectivity index (χ0) is 19.8. The second-order valence-electron chi connectivity index (χ2n) is 6.90. The number of benzene rings is 2. The lowest BCUT2D eigenvalue weighted by molar-refractivity contribution is -0.119. The van der Waals surface area contributed by atoms with E-state index in [1.54, 1.807) is 24.1 Å². The van der Waals surface area contributed by atoms with Gasteiger partial charge in [0.2, 0.25) is 0 Å². The molecule has 0 amide bonds. The van der Waals surface area contributed by atoms with Crippen molar-refractivity contribution < 1.29 is 9.59 Å². The van der Waals surface area contributed by atoms with Gasteiger partial charge in [0.1, 0.15) is 11.8 Å². The second kappa shape index (κ2) is 7.13. The van der Waals surface area contributed by atoms with E-state index < -0.39 is 12.0 Å².